The molecule has 0 bridgehead atoms. The molecule has 0 aliphatic carbocycles. The maximum atomic E-state index is 12.7. The largest absolute Gasteiger partial charge is 0.317 e. The van der Waals surface area contributed by atoms with Gasteiger partial charge in [0.05, 0.1) is 0 Å². The topological polar surface area (TPSA) is 52.7 Å². The van der Waals surface area contributed by atoms with Gasteiger partial charge in [-0.25, -0.2) is 0 Å². The van der Waals surface area contributed by atoms with Crippen LogP contribution in [0.1, 0.15) is 38.5 Å². The molecule has 3 aliphatic heterocycles. The molecule has 0 spiro atoms. The molecule has 1 unspecified atom stereocenters. The Hall–Kier alpha value is -0.170. The fourth-order valence-electron chi connectivity index (χ4n) is 3.82. The van der Waals surface area contributed by atoms with Gasteiger partial charge < -0.3 is 5.32 Å². The van der Waals surface area contributed by atoms with Gasteiger partial charge in [0.2, 0.25) is 0 Å². The predicted molar refractivity (Wildman–Crippen MR) is 75.0 cm³/mol. The Kier molecular flexibility index (Phi) is 4.12. The first kappa shape index (κ1) is 13.8. The molecule has 1 atom stereocenters. The zero-order valence-electron chi connectivity index (χ0n) is 11.6. The number of rotatable bonds is 3. The van der Waals surface area contributed by atoms with Crippen molar-refractivity contribution in [2.24, 2.45) is 5.92 Å². The lowest BCUT2D eigenvalue weighted by atomic mass is 9.89. The molecular formula is C13H25N3O2S. The van der Waals surface area contributed by atoms with E-state index in [-0.39, 0.29) is 6.04 Å². The number of hydrogen-bond donors (Lipinski definition) is 1. The quantitative estimate of drug-likeness (QED) is 0.835. The Balaban J connectivity index is 1.74. The van der Waals surface area contributed by atoms with Gasteiger partial charge in [-0.05, 0) is 57.5 Å². The van der Waals surface area contributed by atoms with Crippen LogP contribution in [0.4, 0.5) is 0 Å². The average Bonchev–Trinajstić information content (AvgIpc) is 3.11. The molecule has 3 saturated heterocycles. The minimum atomic E-state index is -3.19. The van der Waals surface area contributed by atoms with Crippen molar-refractivity contribution in [3.63, 3.8) is 0 Å². The van der Waals surface area contributed by atoms with E-state index in [1.807, 2.05) is 4.31 Å². The molecule has 1 N–H and O–H groups in total. The summed E-state index contributed by atoms with van der Waals surface area (Å²) < 4.78 is 29.0. The summed E-state index contributed by atoms with van der Waals surface area (Å²) in [5, 5.41) is 3.37. The first-order valence-corrected chi connectivity index (χ1v) is 9.07. The lowest BCUT2D eigenvalue weighted by Crippen LogP contribution is -2.48. The van der Waals surface area contributed by atoms with E-state index < -0.39 is 10.2 Å². The monoisotopic (exact) mass is 287 g/mol. The van der Waals surface area contributed by atoms with Crippen molar-refractivity contribution in [3.8, 4) is 0 Å². The highest BCUT2D eigenvalue weighted by molar-refractivity contribution is 7.86. The van der Waals surface area contributed by atoms with Crippen LogP contribution in [0, 0.1) is 5.92 Å². The Morgan fingerprint density at radius 2 is 1.58 bits per heavy atom. The van der Waals surface area contributed by atoms with Crippen LogP contribution in [0.2, 0.25) is 0 Å². The Labute approximate surface area is 116 Å². The fourth-order valence-corrected chi connectivity index (χ4v) is 5.82. The second kappa shape index (κ2) is 5.68. The number of piperidine rings is 1. The number of nitrogens with zero attached hydrogens (tertiary/aromatic N) is 2. The summed E-state index contributed by atoms with van der Waals surface area (Å²) >= 11 is 0. The highest BCUT2D eigenvalue weighted by Gasteiger charge is 2.42. The van der Waals surface area contributed by atoms with Gasteiger partial charge in [0.15, 0.2) is 0 Å². The molecule has 3 fully saturated rings. The molecule has 0 saturated carbocycles. The first-order chi connectivity index (χ1) is 9.19. The van der Waals surface area contributed by atoms with Crippen LogP contribution in [0.3, 0.4) is 0 Å². The summed E-state index contributed by atoms with van der Waals surface area (Å²) in [6.07, 6.45) is 6.36. The minimum Gasteiger partial charge on any atom is -0.317 e. The fraction of sp³-hybridized carbons (Fsp3) is 1.00. The summed E-state index contributed by atoms with van der Waals surface area (Å²) in [5.41, 5.74) is 0. The lowest BCUT2D eigenvalue weighted by molar-refractivity contribution is 0.225. The van der Waals surface area contributed by atoms with Crippen molar-refractivity contribution in [2.75, 3.05) is 32.7 Å². The molecule has 0 aromatic rings. The molecule has 6 heteroatoms. The summed E-state index contributed by atoms with van der Waals surface area (Å²) in [7, 11) is -3.19. The van der Waals surface area contributed by atoms with E-state index in [0.717, 1.165) is 71.2 Å². The van der Waals surface area contributed by atoms with Crippen LogP contribution >= 0.6 is 0 Å². The van der Waals surface area contributed by atoms with E-state index in [1.54, 1.807) is 4.31 Å². The lowest BCUT2D eigenvalue weighted by Gasteiger charge is -2.35. The highest BCUT2D eigenvalue weighted by Crippen LogP contribution is 2.33. The Morgan fingerprint density at radius 3 is 2.26 bits per heavy atom. The smallest absolute Gasteiger partial charge is 0.282 e. The standard InChI is InChI=1S/C13H25N3O2S/c17-19(18,15-9-1-2-10-15)16-11-3-4-13(16)12-5-7-14-8-6-12/h12-14H,1-11H2. The van der Waals surface area contributed by atoms with Gasteiger partial charge in [-0.2, -0.15) is 17.0 Å². The van der Waals surface area contributed by atoms with E-state index in [0.29, 0.717) is 5.92 Å². The molecule has 5 nitrogen and oxygen atoms in total. The third kappa shape index (κ3) is 2.68. The predicted octanol–water partition coefficient (Wildman–Crippen LogP) is 0.791. The van der Waals surface area contributed by atoms with E-state index in [1.165, 1.54) is 0 Å². The third-order valence-corrected chi connectivity index (χ3v) is 6.93. The zero-order valence-corrected chi connectivity index (χ0v) is 12.4. The molecule has 19 heavy (non-hydrogen) atoms. The highest BCUT2D eigenvalue weighted by atomic mass is 32.2. The van der Waals surface area contributed by atoms with E-state index >= 15 is 0 Å². The summed E-state index contributed by atoms with van der Waals surface area (Å²) in [6, 6.07) is 0.257. The van der Waals surface area contributed by atoms with Crippen molar-refractivity contribution in [1.29, 1.82) is 0 Å². The van der Waals surface area contributed by atoms with Crippen LogP contribution < -0.4 is 5.32 Å². The van der Waals surface area contributed by atoms with Crippen molar-refractivity contribution in [2.45, 2.75) is 44.6 Å². The molecule has 3 rings (SSSR count). The Morgan fingerprint density at radius 1 is 0.895 bits per heavy atom. The van der Waals surface area contributed by atoms with Crippen LogP contribution in [0.15, 0.2) is 0 Å². The summed E-state index contributed by atoms with van der Waals surface area (Å²) in [5.74, 6) is 0.557. The van der Waals surface area contributed by atoms with Gasteiger partial charge in [0.1, 0.15) is 0 Å². The van der Waals surface area contributed by atoms with Crippen LogP contribution in [-0.4, -0.2) is 55.8 Å². The van der Waals surface area contributed by atoms with Gasteiger partial charge >= 0.3 is 0 Å². The summed E-state index contributed by atoms with van der Waals surface area (Å²) in [4.78, 5) is 0. The number of nitrogens with one attached hydrogen (secondary N) is 1. The molecular weight excluding hydrogens is 262 g/mol. The van der Waals surface area contributed by atoms with Crippen LogP contribution in [0.5, 0.6) is 0 Å². The number of hydrogen-bond acceptors (Lipinski definition) is 3. The Bertz CT molecular complexity index is 400. The SMILES string of the molecule is O=S(=O)(N1CCCC1)N1CCCC1C1CCNCC1. The zero-order chi connectivity index (χ0) is 13.3. The van der Waals surface area contributed by atoms with E-state index in [4.69, 9.17) is 0 Å². The normalized spacial score (nSPS) is 32.1. The second-order valence-electron chi connectivity index (χ2n) is 6.02. The van der Waals surface area contributed by atoms with E-state index in [9.17, 15) is 8.42 Å². The summed E-state index contributed by atoms with van der Waals surface area (Å²) in [6.45, 7) is 4.25. The van der Waals surface area contributed by atoms with Gasteiger partial charge in [-0.3, -0.25) is 0 Å². The maximum Gasteiger partial charge on any atom is 0.282 e. The third-order valence-electron chi connectivity index (χ3n) is 4.86. The van der Waals surface area contributed by atoms with Crippen LogP contribution in [-0.2, 0) is 10.2 Å². The van der Waals surface area contributed by atoms with Crippen molar-refractivity contribution < 1.29 is 8.42 Å². The van der Waals surface area contributed by atoms with Crippen molar-refractivity contribution >= 4 is 10.2 Å². The molecule has 0 radical (unpaired) electrons. The minimum absolute atomic E-state index is 0.257. The van der Waals surface area contributed by atoms with Gasteiger partial charge in [0, 0.05) is 25.7 Å². The van der Waals surface area contributed by atoms with Gasteiger partial charge in [-0.15, -0.1) is 0 Å². The van der Waals surface area contributed by atoms with Crippen molar-refractivity contribution in [1.82, 2.24) is 13.9 Å². The molecule has 0 aromatic heterocycles. The molecule has 3 heterocycles. The van der Waals surface area contributed by atoms with Gasteiger partial charge in [-0.1, -0.05) is 0 Å². The molecule has 0 amide bonds. The molecule has 0 aromatic carbocycles. The van der Waals surface area contributed by atoms with E-state index in [2.05, 4.69) is 5.32 Å². The van der Waals surface area contributed by atoms with Gasteiger partial charge in [0.25, 0.3) is 10.2 Å². The molecule has 110 valence electrons. The first-order valence-electron chi connectivity index (χ1n) is 7.67. The maximum absolute atomic E-state index is 12.7. The second-order valence-corrected chi connectivity index (χ2v) is 7.90. The van der Waals surface area contributed by atoms with Crippen molar-refractivity contribution in [3.05, 3.63) is 0 Å². The average molecular weight is 287 g/mol. The van der Waals surface area contributed by atoms with Crippen LogP contribution in [0.25, 0.3) is 0 Å². The molecule has 3 aliphatic rings.